The molecule has 2 aromatic rings. The molecule has 0 bridgehead atoms. The average molecular weight is 271 g/mol. The van der Waals surface area contributed by atoms with Crippen LogP contribution in [0.4, 0.5) is 4.39 Å². The number of benzene rings is 2. The fourth-order valence-corrected chi connectivity index (χ4v) is 2.64. The van der Waals surface area contributed by atoms with Gasteiger partial charge in [-0.15, -0.1) is 0 Å². The fourth-order valence-electron chi connectivity index (χ4n) is 2.64. The van der Waals surface area contributed by atoms with Gasteiger partial charge in [-0.05, 0) is 24.5 Å². The third kappa shape index (κ3) is 3.45. The SMILES string of the molecule is CCCCC(N)(Cc1ccccc1)c1ccccc1F. The van der Waals surface area contributed by atoms with E-state index in [2.05, 4.69) is 19.1 Å². The first-order valence-electron chi connectivity index (χ1n) is 7.23. The minimum absolute atomic E-state index is 0.206. The van der Waals surface area contributed by atoms with Crippen LogP contribution in [0.15, 0.2) is 54.6 Å². The molecule has 0 amide bonds. The largest absolute Gasteiger partial charge is 0.321 e. The lowest BCUT2D eigenvalue weighted by atomic mass is 9.80. The smallest absolute Gasteiger partial charge is 0.128 e. The molecule has 0 spiro atoms. The van der Waals surface area contributed by atoms with E-state index in [-0.39, 0.29) is 5.82 Å². The van der Waals surface area contributed by atoms with Crippen molar-refractivity contribution in [3.05, 3.63) is 71.5 Å². The summed E-state index contributed by atoms with van der Waals surface area (Å²) in [5.74, 6) is -0.206. The van der Waals surface area contributed by atoms with Crippen molar-refractivity contribution in [3.8, 4) is 0 Å². The molecule has 1 nitrogen and oxygen atoms in total. The lowest BCUT2D eigenvalue weighted by molar-refractivity contribution is 0.373. The summed E-state index contributed by atoms with van der Waals surface area (Å²) in [5.41, 5.74) is 7.73. The minimum Gasteiger partial charge on any atom is -0.321 e. The van der Waals surface area contributed by atoms with E-state index in [1.165, 1.54) is 6.07 Å². The predicted octanol–water partition coefficient (Wildman–Crippen LogP) is 4.41. The zero-order chi connectivity index (χ0) is 14.4. The second kappa shape index (κ2) is 6.67. The Kier molecular flexibility index (Phi) is 4.91. The number of halogens is 1. The monoisotopic (exact) mass is 271 g/mol. The van der Waals surface area contributed by atoms with Gasteiger partial charge in [-0.2, -0.15) is 0 Å². The number of nitrogens with two attached hydrogens (primary N) is 1. The molecule has 106 valence electrons. The van der Waals surface area contributed by atoms with Gasteiger partial charge in [0, 0.05) is 11.1 Å². The zero-order valence-corrected chi connectivity index (χ0v) is 12.0. The third-order valence-corrected chi connectivity index (χ3v) is 3.75. The Labute approximate surface area is 120 Å². The van der Waals surface area contributed by atoms with E-state index in [0.717, 1.165) is 24.8 Å². The molecule has 0 aliphatic rings. The number of rotatable bonds is 6. The second-order valence-corrected chi connectivity index (χ2v) is 5.40. The molecule has 0 saturated carbocycles. The van der Waals surface area contributed by atoms with Crippen LogP contribution >= 0.6 is 0 Å². The lowest BCUT2D eigenvalue weighted by Crippen LogP contribution is -2.40. The standard InChI is InChI=1S/C18H22FN/c1-2-3-13-18(20,14-15-9-5-4-6-10-15)16-11-7-8-12-17(16)19/h4-12H,2-3,13-14,20H2,1H3. The Morgan fingerprint density at radius 1 is 1.00 bits per heavy atom. The highest BCUT2D eigenvalue weighted by Crippen LogP contribution is 2.30. The first-order chi connectivity index (χ1) is 9.65. The molecule has 2 aromatic carbocycles. The molecular formula is C18H22FN. The predicted molar refractivity (Wildman–Crippen MR) is 81.9 cm³/mol. The summed E-state index contributed by atoms with van der Waals surface area (Å²) in [4.78, 5) is 0. The van der Waals surface area contributed by atoms with Crippen molar-refractivity contribution >= 4 is 0 Å². The van der Waals surface area contributed by atoms with E-state index in [4.69, 9.17) is 5.73 Å². The van der Waals surface area contributed by atoms with Crippen LogP contribution in [0.2, 0.25) is 0 Å². The molecular weight excluding hydrogens is 249 g/mol. The van der Waals surface area contributed by atoms with E-state index in [9.17, 15) is 4.39 Å². The molecule has 2 heteroatoms. The van der Waals surface area contributed by atoms with Gasteiger partial charge in [0.25, 0.3) is 0 Å². The van der Waals surface area contributed by atoms with E-state index < -0.39 is 5.54 Å². The molecule has 20 heavy (non-hydrogen) atoms. The Hall–Kier alpha value is -1.67. The highest BCUT2D eigenvalue weighted by Gasteiger charge is 2.29. The van der Waals surface area contributed by atoms with Gasteiger partial charge >= 0.3 is 0 Å². The second-order valence-electron chi connectivity index (χ2n) is 5.40. The van der Waals surface area contributed by atoms with Gasteiger partial charge in [0.2, 0.25) is 0 Å². The van der Waals surface area contributed by atoms with Crippen LogP contribution in [-0.2, 0) is 12.0 Å². The maximum atomic E-state index is 14.1. The number of hydrogen-bond donors (Lipinski definition) is 1. The van der Waals surface area contributed by atoms with Gasteiger partial charge in [-0.3, -0.25) is 0 Å². The van der Waals surface area contributed by atoms with Gasteiger partial charge in [-0.25, -0.2) is 4.39 Å². The zero-order valence-electron chi connectivity index (χ0n) is 12.0. The Morgan fingerprint density at radius 3 is 2.30 bits per heavy atom. The van der Waals surface area contributed by atoms with Crippen LogP contribution in [0.1, 0.15) is 37.3 Å². The van der Waals surface area contributed by atoms with Crippen molar-refractivity contribution < 1.29 is 4.39 Å². The minimum atomic E-state index is -0.636. The summed E-state index contributed by atoms with van der Waals surface area (Å²) in [6.45, 7) is 2.13. The Balaban J connectivity index is 2.32. The van der Waals surface area contributed by atoms with Crippen molar-refractivity contribution in [1.82, 2.24) is 0 Å². The molecule has 2 rings (SSSR count). The molecule has 0 saturated heterocycles. The molecule has 0 aromatic heterocycles. The topological polar surface area (TPSA) is 26.0 Å². The Bertz CT molecular complexity index is 538. The first-order valence-corrected chi connectivity index (χ1v) is 7.23. The van der Waals surface area contributed by atoms with Crippen LogP contribution in [-0.4, -0.2) is 0 Å². The van der Waals surface area contributed by atoms with E-state index in [1.54, 1.807) is 6.07 Å². The van der Waals surface area contributed by atoms with Gasteiger partial charge in [0.15, 0.2) is 0 Å². The van der Waals surface area contributed by atoms with Crippen molar-refractivity contribution in [2.24, 2.45) is 5.73 Å². The molecule has 2 N–H and O–H groups in total. The number of hydrogen-bond acceptors (Lipinski definition) is 1. The van der Waals surface area contributed by atoms with Gasteiger partial charge in [0.05, 0.1) is 0 Å². The average Bonchev–Trinajstić information content (AvgIpc) is 2.46. The summed E-state index contributed by atoms with van der Waals surface area (Å²) in [6.07, 6.45) is 3.51. The quantitative estimate of drug-likeness (QED) is 0.827. The maximum Gasteiger partial charge on any atom is 0.128 e. The van der Waals surface area contributed by atoms with E-state index in [0.29, 0.717) is 12.0 Å². The van der Waals surface area contributed by atoms with E-state index in [1.807, 2.05) is 30.3 Å². The summed E-state index contributed by atoms with van der Waals surface area (Å²) in [7, 11) is 0. The summed E-state index contributed by atoms with van der Waals surface area (Å²) in [6, 6.07) is 17.0. The van der Waals surface area contributed by atoms with Crippen LogP contribution in [0.25, 0.3) is 0 Å². The van der Waals surface area contributed by atoms with Gasteiger partial charge < -0.3 is 5.73 Å². The van der Waals surface area contributed by atoms with Crippen LogP contribution in [0.3, 0.4) is 0 Å². The highest BCUT2D eigenvalue weighted by atomic mass is 19.1. The molecule has 0 radical (unpaired) electrons. The van der Waals surface area contributed by atoms with Crippen LogP contribution in [0, 0.1) is 5.82 Å². The molecule has 1 atom stereocenters. The van der Waals surface area contributed by atoms with Gasteiger partial charge in [-0.1, -0.05) is 68.3 Å². The molecule has 0 aliphatic heterocycles. The normalized spacial score (nSPS) is 13.9. The lowest BCUT2D eigenvalue weighted by Gasteiger charge is -2.31. The highest BCUT2D eigenvalue weighted by molar-refractivity contribution is 5.29. The van der Waals surface area contributed by atoms with Crippen LogP contribution < -0.4 is 5.73 Å². The fraction of sp³-hybridized carbons (Fsp3) is 0.333. The maximum absolute atomic E-state index is 14.1. The van der Waals surface area contributed by atoms with Crippen molar-refractivity contribution in [2.75, 3.05) is 0 Å². The Morgan fingerprint density at radius 2 is 1.65 bits per heavy atom. The summed E-state index contributed by atoms with van der Waals surface area (Å²) < 4.78 is 14.1. The third-order valence-electron chi connectivity index (χ3n) is 3.75. The molecule has 0 fully saturated rings. The van der Waals surface area contributed by atoms with Crippen LogP contribution in [0.5, 0.6) is 0 Å². The first kappa shape index (κ1) is 14.7. The van der Waals surface area contributed by atoms with Crippen molar-refractivity contribution in [3.63, 3.8) is 0 Å². The van der Waals surface area contributed by atoms with Crippen molar-refractivity contribution in [1.29, 1.82) is 0 Å². The van der Waals surface area contributed by atoms with Gasteiger partial charge in [0.1, 0.15) is 5.82 Å². The molecule has 0 aliphatic carbocycles. The van der Waals surface area contributed by atoms with E-state index >= 15 is 0 Å². The summed E-state index contributed by atoms with van der Waals surface area (Å²) >= 11 is 0. The molecule has 1 unspecified atom stereocenters. The molecule has 0 heterocycles. The number of unbranched alkanes of at least 4 members (excludes halogenated alkanes) is 1. The summed E-state index contributed by atoms with van der Waals surface area (Å²) in [5, 5.41) is 0. The van der Waals surface area contributed by atoms with Crippen molar-refractivity contribution in [2.45, 2.75) is 38.1 Å².